The van der Waals surface area contributed by atoms with Crippen molar-refractivity contribution in [3.8, 4) is 0 Å². The average Bonchev–Trinajstić information content (AvgIpc) is 2.40. The average molecular weight is 278 g/mol. The van der Waals surface area contributed by atoms with Crippen LogP contribution < -0.4 is 10.0 Å². The minimum Gasteiger partial charge on any atom is -0.385 e. The summed E-state index contributed by atoms with van der Waals surface area (Å²) in [5, 5.41) is 3.10. The van der Waals surface area contributed by atoms with Gasteiger partial charge in [-0.3, -0.25) is 4.72 Å². The van der Waals surface area contributed by atoms with E-state index in [1.165, 1.54) is 18.7 Å². The summed E-state index contributed by atoms with van der Waals surface area (Å²) in [6.07, 6.45) is 4.14. The molecule has 0 amide bonds. The molecule has 0 aliphatic carbocycles. The van der Waals surface area contributed by atoms with Crippen LogP contribution in [0.25, 0.3) is 0 Å². The fourth-order valence-electron chi connectivity index (χ4n) is 1.52. The van der Waals surface area contributed by atoms with Crippen LogP contribution >= 0.6 is 0 Å². The molecule has 1 aromatic heterocycles. The van der Waals surface area contributed by atoms with Crippen molar-refractivity contribution in [3.05, 3.63) is 43.0 Å². The van der Waals surface area contributed by atoms with Gasteiger partial charge in [0, 0.05) is 12.2 Å². The predicted octanol–water partition coefficient (Wildman–Crippen LogP) is 1.71. The van der Waals surface area contributed by atoms with Gasteiger partial charge in [-0.25, -0.2) is 18.4 Å². The van der Waals surface area contributed by atoms with E-state index in [9.17, 15) is 8.42 Å². The molecule has 0 fully saturated rings. The van der Waals surface area contributed by atoms with E-state index in [-0.39, 0.29) is 4.90 Å². The molecule has 0 radical (unpaired) electrons. The highest BCUT2D eigenvalue weighted by atomic mass is 32.2. The van der Waals surface area contributed by atoms with Crippen LogP contribution in [0.5, 0.6) is 0 Å². The fraction of sp³-hybridized carbons (Fsp3) is 0.167. The highest BCUT2D eigenvalue weighted by molar-refractivity contribution is 7.92. The molecule has 0 saturated heterocycles. The summed E-state index contributed by atoms with van der Waals surface area (Å²) in [6.45, 7) is 2.76. The van der Waals surface area contributed by atoms with E-state index < -0.39 is 10.0 Å². The lowest BCUT2D eigenvalue weighted by Crippen LogP contribution is -2.13. The topological polar surface area (TPSA) is 84.0 Å². The minimum absolute atomic E-state index is 0.193. The van der Waals surface area contributed by atoms with Crippen LogP contribution in [0.15, 0.2) is 47.9 Å². The van der Waals surface area contributed by atoms with Gasteiger partial charge >= 0.3 is 0 Å². The lowest BCUT2D eigenvalue weighted by Gasteiger charge is -2.08. The molecule has 7 heteroatoms. The van der Waals surface area contributed by atoms with E-state index in [1.807, 2.05) is 6.92 Å². The lowest BCUT2D eigenvalue weighted by atomic mass is 10.3. The molecule has 0 unspecified atom stereocenters. The van der Waals surface area contributed by atoms with Crippen LogP contribution in [-0.4, -0.2) is 24.9 Å². The summed E-state index contributed by atoms with van der Waals surface area (Å²) >= 11 is 0. The molecule has 2 aromatic rings. The van der Waals surface area contributed by atoms with Crippen molar-refractivity contribution in [2.45, 2.75) is 11.8 Å². The van der Waals surface area contributed by atoms with Crippen LogP contribution in [0.3, 0.4) is 0 Å². The molecule has 1 heterocycles. The first-order valence-electron chi connectivity index (χ1n) is 5.73. The van der Waals surface area contributed by atoms with E-state index >= 15 is 0 Å². The summed E-state index contributed by atoms with van der Waals surface area (Å²) in [5.41, 5.74) is 1.21. The van der Waals surface area contributed by atoms with Gasteiger partial charge in [-0.05, 0) is 31.2 Å². The minimum atomic E-state index is -3.60. The zero-order valence-corrected chi connectivity index (χ0v) is 11.2. The number of benzene rings is 1. The van der Waals surface area contributed by atoms with Crippen LogP contribution in [0.1, 0.15) is 6.92 Å². The van der Waals surface area contributed by atoms with Gasteiger partial charge in [0.05, 0.1) is 23.0 Å². The number of hydrogen-bond donors (Lipinski definition) is 2. The van der Waals surface area contributed by atoms with Gasteiger partial charge in [-0.2, -0.15) is 0 Å². The van der Waals surface area contributed by atoms with E-state index in [0.29, 0.717) is 5.69 Å². The van der Waals surface area contributed by atoms with E-state index in [2.05, 4.69) is 20.0 Å². The second-order valence-corrected chi connectivity index (χ2v) is 5.47. The van der Waals surface area contributed by atoms with E-state index in [4.69, 9.17) is 0 Å². The Morgan fingerprint density at radius 1 is 1.05 bits per heavy atom. The molecule has 100 valence electrons. The van der Waals surface area contributed by atoms with Crippen molar-refractivity contribution in [2.24, 2.45) is 0 Å². The van der Waals surface area contributed by atoms with Gasteiger partial charge in [0.25, 0.3) is 10.0 Å². The monoisotopic (exact) mass is 278 g/mol. The van der Waals surface area contributed by atoms with Gasteiger partial charge in [-0.15, -0.1) is 0 Å². The first-order valence-corrected chi connectivity index (χ1v) is 7.22. The number of nitrogens with zero attached hydrogens (tertiary/aromatic N) is 2. The highest BCUT2D eigenvalue weighted by Gasteiger charge is 2.13. The molecule has 2 rings (SSSR count). The molecule has 19 heavy (non-hydrogen) atoms. The zero-order valence-electron chi connectivity index (χ0n) is 10.4. The van der Waals surface area contributed by atoms with Crippen LogP contribution in [-0.2, 0) is 10.0 Å². The SMILES string of the molecule is CCNc1ccc(S(=O)(=O)Nc2cncnc2)cc1. The van der Waals surface area contributed by atoms with Gasteiger partial charge < -0.3 is 5.32 Å². The van der Waals surface area contributed by atoms with Crippen molar-refractivity contribution in [1.82, 2.24) is 9.97 Å². The van der Waals surface area contributed by atoms with Crippen LogP contribution in [0.4, 0.5) is 11.4 Å². The van der Waals surface area contributed by atoms with Crippen molar-refractivity contribution in [3.63, 3.8) is 0 Å². The molecule has 1 aromatic carbocycles. The zero-order chi connectivity index (χ0) is 13.7. The number of aromatic nitrogens is 2. The molecular weight excluding hydrogens is 264 g/mol. The molecule has 0 spiro atoms. The third-order valence-electron chi connectivity index (χ3n) is 2.36. The van der Waals surface area contributed by atoms with Crippen molar-refractivity contribution in [2.75, 3.05) is 16.6 Å². The van der Waals surface area contributed by atoms with Crippen molar-refractivity contribution in [1.29, 1.82) is 0 Å². The lowest BCUT2D eigenvalue weighted by molar-refractivity contribution is 0.601. The molecule has 0 saturated carbocycles. The first kappa shape index (κ1) is 13.3. The number of nitrogens with one attached hydrogen (secondary N) is 2. The maximum Gasteiger partial charge on any atom is 0.261 e. The summed E-state index contributed by atoms with van der Waals surface area (Å²) in [7, 11) is -3.60. The Labute approximate surface area is 112 Å². The maximum atomic E-state index is 12.1. The molecule has 2 N–H and O–H groups in total. The van der Waals surface area contributed by atoms with Gasteiger partial charge in [0.1, 0.15) is 6.33 Å². The Morgan fingerprint density at radius 3 is 2.26 bits per heavy atom. The standard InChI is InChI=1S/C12H14N4O2S/c1-2-15-10-3-5-12(6-4-10)19(17,18)16-11-7-13-9-14-8-11/h3-9,15-16H,2H2,1H3. The number of sulfonamides is 1. The molecule has 6 nitrogen and oxygen atoms in total. The smallest absolute Gasteiger partial charge is 0.261 e. The van der Waals surface area contributed by atoms with Crippen LogP contribution in [0, 0.1) is 0 Å². The van der Waals surface area contributed by atoms with E-state index in [1.54, 1.807) is 24.3 Å². The number of rotatable bonds is 5. The third kappa shape index (κ3) is 3.41. The van der Waals surface area contributed by atoms with Crippen LogP contribution in [0.2, 0.25) is 0 Å². The van der Waals surface area contributed by atoms with Gasteiger partial charge in [-0.1, -0.05) is 0 Å². The third-order valence-corrected chi connectivity index (χ3v) is 3.76. The Balaban J connectivity index is 2.20. The van der Waals surface area contributed by atoms with Gasteiger partial charge in [0.15, 0.2) is 0 Å². The summed E-state index contributed by atoms with van der Waals surface area (Å²) < 4.78 is 26.6. The Hall–Kier alpha value is -2.15. The number of hydrogen-bond acceptors (Lipinski definition) is 5. The fourth-order valence-corrected chi connectivity index (χ4v) is 2.55. The molecule has 0 bridgehead atoms. The Kier molecular flexibility index (Phi) is 3.96. The van der Waals surface area contributed by atoms with Gasteiger partial charge in [0.2, 0.25) is 0 Å². The summed E-state index contributed by atoms with van der Waals surface area (Å²) in [4.78, 5) is 7.70. The second kappa shape index (κ2) is 5.66. The molecule has 0 aliphatic rings. The maximum absolute atomic E-state index is 12.1. The highest BCUT2D eigenvalue weighted by Crippen LogP contribution is 2.17. The molecule has 0 atom stereocenters. The van der Waals surface area contributed by atoms with Crippen molar-refractivity contribution < 1.29 is 8.42 Å². The summed E-state index contributed by atoms with van der Waals surface area (Å²) in [5.74, 6) is 0. The second-order valence-electron chi connectivity index (χ2n) is 3.79. The Bertz CT molecular complexity index is 627. The molecular formula is C12H14N4O2S. The Morgan fingerprint density at radius 2 is 1.68 bits per heavy atom. The summed E-state index contributed by atoms with van der Waals surface area (Å²) in [6, 6.07) is 6.54. The van der Waals surface area contributed by atoms with Crippen molar-refractivity contribution >= 4 is 21.4 Å². The van der Waals surface area contributed by atoms with E-state index in [0.717, 1.165) is 12.2 Å². The predicted molar refractivity (Wildman–Crippen MR) is 73.4 cm³/mol. The first-order chi connectivity index (χ1) is 9.12. The quantitative estimate of drug-likeness (QED) is 0.869. The number of anilines is 2. The molecule has 0 aliphatic heterocycles. The normalized spacial score (nSPS) is 11.0. The largest absolute Gasteiger partial charge is 0.385 e.